The standard InChI is InChI=1S/C13H19NO4S/c1-4-19(17,18)12-8-6-5-7-11(12)13(16)14(3)9-10(2)15/h5-8,10,15H,4,9H2,1-3H3. The van der Waals surface area contributed by atoms with Crippen LogP contribution in [0.1, 0.15) is 24.2 Å². The summed E-state index contributed by atoms with van der Waals surface area (Å²) in [5.74, 6) is -0.467. The van der Waals surface area contributed by atoms with Gasteiger partial charge in [-0.2, -0.15) is 0 Å². The van der Waals surface area contributed by atoms with Gasteiger partial charge in [0.05, 0.1) is 22.3 Å². The summed E-state index contributed by atoms with van der Waals surface area (Å²) in [5.41, 5.74) is 0.146. The maximum Gasteiger partial charge on any atom is 0.255 e. The van der Waals surface area contributed by atoms with Crippen LogP contribution in [0.3, 0.4) is 0 Å². The van der Waals surface area contributed by atoms with E-state index in [0.717, 1.165) is 0 Å². The lowest BCUT2D eigenvalue weighted by Crippen LogP contribution is -2.33. The Bertz CT molecular complexity index is 552. The van der Waals surface area contributed by atoms with Gasteiger partial charge < -0.3 is 10.0 Å². The molecule has 106 valence electrons. The second-order valence-electron chi connectivity index (χ2n) is 4.43. The van der Waals surface area contributed by atoms with E-state index < -0.39 is 21.8 Å². The summed E-state index contributed by atoms with van der Waals surface area (Å²) in [6.07, 6.45) is -0.663. The Hall–Kier alpha value is -1.40. The molecule has 1 N–H and O–H groups in total. The van der Waals surface area contributed by atoms with Gasteiger partial charge in [-0.1, -0.05) is 19.1 Å². The number of hydrogen-bond acceptors (Lipinski definition) is 4. The van der Waals surface area contributed by atoms with Crippen molar-refractivity contribution in [3.05, 3.63) is 29.8 Å². The van der Waals surface area contributed by atoms with Crippen LogP contribution in [0.25, 0.3) is 0 Å². The van der Waals surface area contributed by atoms with Crippen molar-refractivity contribution in [2.45, 2.75) is 24.8 Å². The minimum absolute atomic E-state index is 0.0416. The summed E-state index contributed by atoms with van der Waals surface area (Å²) in [5, 5.41) is 9.28. The van der Waals surface area contributed by atoms with Gasteiger partial charge in [-0.3, -0.25) is 4.79 Å². The lowest BCUT2D eigenvalue weighted by molar-refractivity contribution is 0.0700. The van der Waals surface area contributed by atoms with Crippen LogP contribution in [-0.4, -0.2) is 49.8 Å². The molecule has 19 heavy (non-hydrogen) atoms. The average Bonchev–Trinajstić information content (AvgIpc) is 2.37. The molecule has 0 fully saturated rings. The van der Waals surface area contributed by atoms with Gasteiger partial charge >= 0.3 is 0 Å². The van der Waals surface area contributed by atoms with Gasteiger partial charge in [-0.05, 0) is 19.1 Å². The molecule has 1 aromatic carbocycles. The van der Waals surface area contributed by atoms with Crippen molar-refractivity contribution in [2.75, 3.05) is 19.3 Å². The summed E-state index contributed by atoms with van der Waals surface area (Å²) < 4.78 is 23.9. The summed E-state index contributed by atoms with van der Waals surface area (Å²) >= 11 is 0. The van der Waals surface area contributed by atoms with E-state index in [1.165, 1.54) is 31.0 Å². The minimum atomic E-state index is -3.45. The quantitative estimate of drug-likeness (QED) is 0.873. The maximum absolute atomic E-state index is 12.2. The van der Waals surface area contributed by atoms with Crippen LogP contribution in [0.15, 0.2) is 29.2 Å². The largest absolute Gasteiger partial charge is 0.392 e. The molecule has 1 atom stereocenters. The Labute approximate surface area is 113 Å². The van der Waals surface area contributed by atoms with E-state index in [9.17, 15) is 18.3 Å². The molecule has 0 bridgehead atoms. The van der Waals surface area contributed by atoms with E-state index >= 15 is 0 Å². The molecular formula is C13H19NO4S. The first-order valence-electron chi connectivity index (χ1n) is 6.05. The number of benzene rings is 1. The van der Waals surface area contributed by atoms with E-state index in [-0.39, 0.29) is 22.8 Å². The van der Waals surface area contributed by atoms with Crippen LogP contribution in [0.2, 0.25) is 0 Å². The highest BCUT2D eigenvalue weighted by Crippen LogP contribution is 2.18. The first kappa shape index (κ1) is 15.7. The molecule has 0 aliphatic heterocycles. The third-order valence-electron chi connectivity index (χ3n) is 2.72. The van der Waals surface area contributed by atoms with Gasteiger partial charge in [0.15, 0.2) is 9.84 Å². The normalized spacial score (nSPS) is 13.1. The Kier molecular flexibility index (Phi) is 5.08. The van der Waals surface area contributed by atoms with Gasteiger partial charge in [-0.25, -0.2) is 8.42 Å². The zero-order chi connectivity index (χ0) is 14.6. The summed E-state index contributed by atoms with van der Waals surface area (Å²) in [6, 6.07) is 6.14. The van der Waals surface area contributed by atoms with Crippen LogP contribution >= 0.6 is 0 Å². The molecule has 1 amide bonds. The van der Waals surface area contributed by atoms with Crippen molar-refractivity contribution < 1.29 is 18.3 Å². The molecule has 0 aromatic heterocycles. The van der Waals surface area contributed by atoms with E-state index in [1.54, 1.807) is 19.1 Å². The average molecular weight is 285 g/mol. The number of sulfone groups is 1. The molecule has 0 saturated heterocycles. The Morgan fingerprint density at radius 2 is 1.95 bits per heavy atom. The fraction of sp³-hybridized carbons (Fsp3) is 0.462. The summed E-state index contributed by atoms with van der Waals surface area (Å²) in [4.78, 5) is 13.6. The second-order valence-corrected chi connectivity index (χ2v) is 6.68. The van der Waals surface area contributed by atoms with Crippen LogP contribution in [0.4, 0.5) is 0 Å². The molecule has 1 unspecified atom stereocenters. The number of nitrogens with zero attached hydrogens (tertiary/aromatic N) is 1. The topological polar surface area (TPSA) is 74.7 Å². The number of rotatable bonds is 5. The van der Waals surface area contributed by atoms with E-state index in [0.29, 0.717) is 0 Å². The van der Waals surface area contributed by atoms with Gasteiger partial charge in [0.2, 0.25) is 0 Å². The second kappa shape index (κ2) is 6.16. The van der Waals surface area contributed by atoms with Gasteiger partial charge in [0.25, 0.3) is 5.91 Å². The highest BCUT2D eigenvalue weighted by atomic mass is 32.2. The number of aliphatic hydroxyl groups excluding tert-OH is 1. The van der Waals surface area contributed by atoms with Crippen LogP contribution in [0.5, 0.6) is 0 Å². The lowest BCUT2D eigenvalue weighted by Gasteiger charge is -2.20. The molecule has 5 nitrogen and oxygen atoms in total. The van der Waals surface area contributed by atoms with Gasteiger partial charge in [-0.15, -0.1) is 0 Å². The maximum atomic E-state index is 12.2. The first-order chi connectivity index (χ1) is 8.79. The molecule has 1 rings (SSSR count). The number of carbonyl (C=O) groups is 1. The van der Waals surface area contributed by atoms with Crippen LogP contribution in [0, 0.1) is 0 Å². The van der Waals surface area contributed by atoms with E-state index in [1.807, 2.05) is 0 Å². The SMILES string of the molecule is CCS(=O)(=O)c1ccccc1C(=O)N(C)CC(C)O. The molecule has 0 saturated carbocycles. The van der Waals surface area contributed by atoms with Gasteiger partial charge in [0.1, 0.15) is 0 Å². The van der Waals surface area contributed by atoms with Crippen molar-refractivity contribution in [2.24, 2.45) is 0 Å². The smallest absolute Gasteiger partial charge is 0.255 e. The zero-order valence-electron chi connectivity index (χ0n) is 11.3. The van der Waals surface area contributed by atoms with Gasteiger partial charge in [0, 0.05) is 13.6 Å². The lowest BCUT2D eigenvalue weighted by atomic mass is 10.2. The Morgan fingerprint density at radius 1 is 1.37 bits per heavy atom. The van der Waals surface area contributed by atoms with Crippen molar-refractivity contribution in [3.63, 3.8) is 0 Å². The number of hydrogen-bond donors (Lipinski definition) is 1. The Balaban J connectivity index is 3.18. The Morgan fingerprint density at radius 3 is 2.47 bits per heavy atom. The predicted molar refractivity (Wildman–Crippen MR) is 72.8 cm³/mol. The zero-order valence-corrected chi connectivity index (χ0v) is 12.1. The fourth-order valence-electron chi connectivity index (χ4n) is 1.75. The fourth-order valence-corrected chi connectivity index (χ4v) is 2.84. The molecule has 0 aliphatic rings. The monoisotopic (exact) mass is 285 g/mol. The third kappa shape index (κ3) is 3.78. The van der Waals surface area contributed by atoms with E-state index in [4.69, 9.17) is 0 Å². The number of amides is 1. The number of likely N-dealkylation sites (N-methyl/N-ethyl adjacent to an activating group) is 1. The van der Waals surface area contributed by atoms with Crippen molar-refractivity contribution in [3.8, 4) is 0 Å². The first-order valence-corrected chi connectivity index (χ1v) is 7.70. The van der Waals surface area contributed by atoms with Crippen molar-refractivity contribution in [1.82, 2.24) is 4.90 Å². The van der Waals surface area contributed by atoms with Crippen LogP contribution < -0.4 is 0 Å². The summed E-state index contributed by atoms with van der Waals surface area (Å²) in [6.45, 7) is 3.26. The molecule has 0 radical (unpaired) electrons. The van der Waals surface area contributed by atoms with Crippen LogP contribution in [-0.2, 0) is 9.84 Å². The number of aliphatic hydroxyl groups is 1. The highest BCUT2D eigenvalue weighted by molar-refractivity contribution is 7.91. The molecule has 1 aromatic rings. The van der Waals surface area contributed by atoms with E-state index in [2.05, 4.69) is 0 Å². The van der Waals surface area contributed by atoms with Crippen molar-refractivity contribution >= 4 is 15.7 Å². The highest BCUT2D eigenvalue weighted by Gasteiger charge is 2.23. The number of carbonyl (C=O) groups excluding carboxylic acids is 1. The summed E-state index contributed by atoms with van der Waals surface area (Å²) in [7, 11) is -1.91. The third-order valence-corrected chi connectivity index (χ3v) is 4.50. The molecule has 0 aliphatic carbocycles. The minimum Gasteiger partial charge on any atom is -0.392 e. The molecule has 6 heteroatoms. The predicted octanol–water partition coefficient (Wildman–Crippen LogP) is 0.933. The molecule has 0 heterocycles. The molecule has 0 spiro atoms. The molecular weight excluding hydrogens is 266 g/mol. The van der Waals surface area contributed by atoms with Crippen molar-refractivity contribution in [1.29, 1.82) is 0 Å².